The van der Waals surface area contributed by atoms with Gasteiger partial charge in [-0.15, -0.1) is 0 Å². The molecule has 2 atom stereocenters. The number of unbranched alkanes of at least 4 members (excludes halogenated alkanes) is 14. The molecule has 402 valence electrons. The molecular formula is C62H102NO8+. The van der Waals surface area contributed by atoms with Crippen LogP contribution in [0.2, 0.25) is 0 Å². The minimum Gasteiger partial charge on any atom is -0.477 e. The number of rotatable bonds is 49. The molecule has 0 heterocycles. The van der Waals surface area contributed by atoms with Gasteiger partial charge in [0.25, 0.3) is 6.29 Å². The Morgan fingerprint density at radius 2 is 0.761 bits per heavy atom. The number of esters is 2. The molecule has 0 aromatic heterocycles. The largest absolute Gasteiger partial charge is 0.477 e. The molecule has 9 heteroatoms. The van der Waals surface area contributed by atoms with Crippen LogP contribution in [-0.4, -0.2) is 87.4 Å². The van der Waals surface area contributed by atoms with Gasteiger partial charge in [-0.2, -0.15) is 0 Å². The van der Waals surface area contributed by atoms with Crippen molar-refractivity contribution in [1.82, 2.24) is 0 Å². The lowest BCUT2D eigenvalue weighted by molar-refractivity contribution is -0.870. The van der Waals surface area contributed by atoms with E-state index in [0.717, 1.165) is 109 Å². The Hall–Kier alpha value is -4.31. The van der Waals surface area contributed by atoms with Crippen molar-refractivity contribution in [2.45, 2.75) is 206 Å². The molecule has 0 amide bonds. The molecule has 0 bridgehead atoms. The maximum absolute atomic E-state index is 12.8. The van der Waals surface area contributed by atoms with E-state index in [-0.39, 0.29) is 38.6 Å². The standard InChI is InChI=1S/C62H101NO8/c1-6-8-10-12-14-16-18-20-21-22-23-24-25-26-27-28-29-30-31-32-33-34-35-36-37-38-39-41-43-45-47-49-51-53-60(65)71-58(57-70-62(61(66)67)68-55-54-63(3,4)5)56-69-59(64)52-50-48-46-44-42-40-19-17-15-13-11-9-7-2/h8-11,14-17,20-21,23-24,26-27,29-30,32-33,40,42,58,62H,6-7,12-13,18-19,22,25,28,31,34-39,41,43-57H2,1-5H3/p+1/b10-8-,11-9-,16-14-,17-15-,21-20-,24-23-,27-26-,30-29-,33-32-,42-40-. The Balaban J connectivity index is 4.22. The summed E-state index contributed by atoms with van der Waals surface area (Å²) in [4.78, 5) is 37.3. The number of nitrogens with zero attached hydrogens (tertiary/aromatic N) is 1. The summed E-state index contributed by atoms with van der Waals surface area (Å²) >= 11 is 0. The molecule has 1 N–H and O–H groups in total. The molecule has 0 fully saturated rings. The summed E-state index contributed by atoms with van der Waals surface area (Å²) in [6, 6.07) is 0. The second kappa shape index (κ2) is 52.0. The van der Waals surface area contributed by atoms with Crippen molar-refractivity contribution in [3.63, 3.8) is 0 Å². The summed E-state index contributed by atoms with van der Waals surface area (Å²) in [5, 5.41) is 9.67. The van der Waals surface area contributed by atoms with Crippen molar-refractivity contribution in [2.24, 2.45) is 0 Å². The number of allylic oxidation sites excluding steroid dienone is 20. The van der Waals surface area contributed by atoms with E-state index in [1.54, 1.807) is 0 Å². The van der Waals surface area contributed by atoms with Gasteiger partial charge in [-0.3, -0.25) is 9.59 Å². The van der Waals surface area contributed by atoms with Gasteiger partial charge in [0.1, 0.15) is 13.2 Å². The summed E-state index contributed by atoms with van der Waals surface area (Å²) in [7, 11) is 5.94. The van der Waals surface area contributed by atoms with Gasteiger partial charge in [0.2, 0.25) is 0 Å². The number of hydrogen-bond acceptors (Lipinski definition) is 7. The predicted molar refractivity (Wildman–Crippen MR) is 299 cm³/mol. The highest BCUT2D eigenvalue weighted by atomic mass is 16.7. The summed E-state index contributed by atoms with van der Waals surface area (Å²) in [6.45, 7) is 4.58. The van der Waals surface area contributed by atoms with Crippen molar-refractivity contribution in [2.75, 3.05) is 47.5 Å². The average Bonchev–Trinajstić information content (AvgIpc) is 3.34. The zero-order valence-electron chi connectivity index (χ0n) is 45.6. The van der Waals surface area contributed by atoms with Gasteiger partial charge in [0.15, 0.2) is 6.10 Å². The number of quaternary nitrogens is 1. The molecular weight excluding hydrogens is 887 g/mol. The number of carbonyl (C=O) groups excluding carboxylic acids is 2. The van der Waals surface area contributed by atoms with Crippen LogP contribution in [0.25, 0.3) is 0 Å². The van der Waals surface area contributed by atoms with Crippen LogP contribution in [0, 0.1) is 0 Å². The molecule has 0 rings (SSSR count). The van der Waals surface area contributed by atoms with Crippen LogP contribution in [0.1, 0.15) is 194 Å². The summed E-state index contributed by atoms with van der Waals surface area (Å²) in [6.07, 6.45) is 70.0. The first-order valence-electron chi connectivity index (χ1n) is 27.7. The fraction of sp³-hybridized carbons (Fsp3) is 0.629. The number of likely N-dealkylation sites (N-methyl/N-ethyl adjacent to an activating group) is 1. The van der Waals surface area contributed by atoms with Crippen LogP contribution in [-0.2, 0) is 33.3 Å². The molecule has 0 aliphatic heterocycles. The molecule has 0 saturated heterocycles. The SMILES string of the molecule is CC/C=C\C/C=C\C/C=C\C/C=C\C/C=C\C/C=C\C/C=C\CCCCCCCCCCCCCC(=O)OC(COC(=O)CCCCC/C=C\C/C=C\C/C=C\CC)COC(OCC[N+](C)(C)C)C(=O)O. The minimum absolute atomic E-state index is 0.176. The van der Waals surface area contributed by atoms with Gasteiger partial charge in [-0.25, -0.2) is 4.79 Å². The lowest BCUT2D eigenvalue weighted by Gasteiger charge is -2.25. The van der Waals surface area contributed by atoms with Gasteiger partial charge in [0, 0.05) is 12.8 Å². The number of carboxylic acids is 1. The van der Waals surface area contributed by atoms with Crippen molar-refractivity contribution in [3.05, 3.63) is 122 Å². The minimum atomic E-state index is -1.52. The quantitative estimate of drug-likeness (QED) is 0.0211. The summed E-state index contributed by atoms with van der Waals surface area (Å²) in [5.74, 6) is -2.06. The first-order chi connectivity index (χ1) is 34.6. The number of hydrogen-bond donors (Lipinski definition) is 1. The molecule has 0 aliphatic carbocycles. The zero-order valence-corrected chi connectivity index (χ0v) is 45.6. The molecule has 0 aromatic rings. The Labute approximate surface area is 434 Å². The van der Waals surface area contributed by atoms with Crippen LogP contribution in [0.4, 0.5) is 0 Å². The first-order valence-corrected chi connectivity index (χ1v) is 27.7. The highest BCUT2D eigenvalue weighted by molar-refractivity contribution is 5.71. The molecule has 0 radical (unpaired) electrons. The van der Waals surface area contributed by atoms with Crippen molar-refractivity contribution in [3.8, 4) is 0 Å². The van der Waals surface area contributed by atoms with E-state index in [2.05, 4.69) is 135 Å². The number of ether oxygens (including phenoxy) is 4. The van der Waals surface area contributed by atoms with Crippen LogP contribution >= 0.6 is 0 Å². The lowest BCUT2D eigenvalue weighted by Crippen LogP contribution is -2.40. The van der Waals surface area contributed by atoms with E-state index in [0.29, 0.717) is 23.9 Å². The van der Waals surface area contributed by atoms with Gasteiger partial charge in [0.05, 0.1) is 34.4 Å². The number of carboxylic acid groups (broad SMARTS) is 1. The van der Waals surface area contributed by atoms with E-state index < -0.39 is 24.3 Å². The van der Waals surface area contributed by atoms with Gasteiger partial charge >= 0.3 is 17.9 Å². The number of aliphatic carboxylic acids is 1. The second-order valence-electron chi connectivity index (χ2n) is 19.1. The van der Waals surface area contributed by atoms with Crippen LogP contribution in [0.15, 0.2) is 122 Å². The highest BCUT2D eigenvalue weighted by Gasteiger charge is 2.25. The lowest BCUT2D eigenvalue weighted by atomic mass is 10.0. The molecule has 0 aromatic carbocycles. The molecule has 0 spiro atoms. The third-order valence-corrected chi connectivity index (χ3v) is 11.2. The average molecular weight is 989 g/mol. The van der Waals surface area contributed by atoms with E-state index in [1.807, 2.05) is 21.1 Å². The van der Waals surface area contributed by atoms with E-state index >= 15 is 0 Å². The highest BCUT2D eigenvalue weighted by Crippen LogP contribution is 2.14. The Morgan fingerprint density at radius 1 is 0.423 bits per heavy atom. The predicted octanol–water partition coefficient (Wildman–Crippen LogP) is 16.1. The maximum Gasteiger partial charge on any atom is 0.361 e. The fourth-order valence-corrected chi connectivity index (χ4v) is 7.01. The molecule has 0 saturated carbocycles. The Bertz CT molecular complexity index is 1570. The van der Waals surface area contributed by atoms with Gasteiger partial charge < -0.3 is 28.5 Å². The molecule has 71 heavy (non-hydrogen) atoms. The van der Waals surface area contributed by atoms with Crippen molar-refractivity contribution >= 4 is 17.9 Å². The van der Waals surface area contributed by atoms with Crippen LogP contribution in [0.5, 0.6) is 0 Å². The summed E-state index contributed by atoms with van der Waals surface area (Å²) in [5.41, 5.74) is 0. The van der Waals surface area contributed by atoms with Crippen molar-refractivity contribution in [1.29, 1.82) is 0 Å². The third kappa shape index (κ3) is 53.3. The fourth-order valence-electron chi connectivity index (χ4n) is 7.01. The smallest absolute Gasteiger partial charge is 0.361 e. The first kappa shape index (κ1) is 66.7. The zero-order chi connectivity index (χ0) is 52.0. The van der Waals surface area contributed by atoms with Crippen molar-refractivity contribution < 1.29 is 42.9 Å². The van der Waals surface area contributed by atoms with Gasteiger partial charge in [-0.1, -0.05) is 200 Å². The summed E-state index contributed by atoms with van der Waals surface area (Å²) < 4.78 is 22.8. The topological polar surface area (TPSA) is 108 Å². The monoisotopic (exact) mass is 989 g/mol. The third-order valence-electron chi connectivity index (χ3n) is 11.2. The molecule has 0 aliphatic rings. The normalized spacial score (nSPS) is 13.8. The maximum atomic E-state index is 12.8. The van der Waals surface area contributed by atoms with E-state index in [1.165, 1.54) is 44.9 Å². The Morgan fingerprint density at radius 3 is 1.14 bits per heavy atom. The van der Waals surface area contributed by atoms with Crippen LogP contribution < -0.4 is 0 Å². The molecule has 9 nitrogen and oxygen atoms in total. The number of carbonyl (C=O) groups is 3. The van der Waals surface area contributed by atoms with Crippen LogP contribution in [0.3, 0.4) is 0 Å². The molecule has 2 unspecified atom stereocenters. The van der Waals surface area contributed by atoms with E-state index in [4.69, 9.17) is 18.9 Å². The Kier molecular flexibility index (Phi) is 48.9. The van der Waals surface area contributed by atoms with Gasteiger partial charge in [-0.05, 0) is 103 Å². The second-order valence-corrected chi connectivity index (χ2v) is 19.1. The van der Waals surface area contributed by atoms with E-state index in [9.17, 15) is 19.5 Å².